The zero-order chi connectivity index (χ0) is 33.0. The SMILES string of the molecule is CC(C)c1cc(C(C)C)c([Si]2(c3c(C(C)C)cc(C(C)C)cc3C(C)C)C(C#CC(C)(C)C)=C2C(C)(C)C)c(C(C)C)c1. The number of hydrogen-bond acceptors (Lipinski definition) is 0. The van der Waals surface area contributed by atoms with Crippen molar-refractivity contribution in [1.29, 1.82) is 0 Å². The molecule has 1 aliphatic heterocycles. The van der Waals surface area contributed by atoms with Crippen molar-refractivity contribution in [1.82, 2.24) is 0 Å². The van der Waals surface area contributed by atoms with E-state index in [-0.39, 0.29) is 10.8 Å². The number of benzene rings is 2. The summed E-state index contributed by atoms with van der Waals surface area (Å²) in [6.07, 6.45) is 0. The first-order valence-corrected chi connectivity index (χ1v) is 19.2. The predicted octanol–water partition coefficient (Wildman–Crippen LogP) is 11.5. The summed E-state index contributed by atoms with van der Waals surface area (Å²) in [6.45, 7) is 42.9. The monoisotopic (exact) mass is 596 g/mol. The van der Waals surface area contributed by atoms with E-state index in [0.29, 0.717) is 35.5 Å². The highest BCUT2D eigenvalue weighted by molar-refractivity contribution is 7.22. The van der Waals surface area contributed by atoms with Crippen molar-refractivity contribution < 1.29 is 0 Å². The number of hydrogen-bond donors (Lipinski definition) is 0. The van der Waals surface area contributed by atoms with Gasteiger partial charge >= 0.3 is 0 Å². The molecule has 1 heteroatoms. The molecule has 0 atom stereocenters. The standard InChI is InChI=1S/C42H64Si/c1-25(2)31-21-33(27(5)6)38(34(22-31)28(7)8)43(37(19-20-41(13,14)15)40(43)42(16,17)18)39-35(29(9)10)23-32(26(3)4)24-36(39)30(11)12/h21-30H,1-18H3. The summed E-state index contributed by atoms with van der Waals surface area (Å²) in [5, 5.41) is 6.51. The first kappa shape index (κ1) is 35.4. The normalized spacial score (nSPS) is 15.4. The Morgan fingerprint density at radius 3 is 1.00 bits per heavy atom. The van der Waals surface area contributed by atoms with Crippen LogP contribution in [0, 0.1) is 22.7 Å². The molecule has 236 valence electrons. The van der Waals surface area contributed by atoms with E-state index >= 15 is 0 Å². The Bertz CT molecular complexity index is 1290. The van der Waals surface area contributed by atoms with Crippen LogP contribution in [-0.2, 0) is 0 Å². The van der Waals surface area contributed by atoms with Crippen LogP contribution in [0.15, 0.2) is 34.7 Å². The summed E-state index contributed by atoms with van der Waals surface area (Å²) in [7, 11) is -2.58. The Labute approximate surface area is 268 Å². The van der Waals surface area contributed by atoms with Gasteiger partial charge in [-0.25, -0.2) is 0 Å². The molecule has 0 saturated heterocycles. The Hall–Kier alpha value is -2.04. The van der Waals surface area contributed by atoms with Gasteiger partial charge in [-0.05, 0) is 105 Å². The van der Waals surface area contributed by atoms with Crippen LogP contribution in [0.2, 0.25) is 0 Å². The van der Waals surface area contributed by atoms with Crippen LogP contribution in [0.1, 0.15) is 194 Å². The average Bonchev–Trinajstić information content (AvgIpc) is 3.55. The minimum atomic E-state index is -2.58. The maximum absolute atomic E-state index is 3.97. The molecule has 43 heavy (non-hydrogen) atoms. The molecule has 0 aliphatic carbocycles. The van der Waals surface area contributed by atoms with Gasteiger partial charge < -0.3 is 0 Å². The van der Waals surface area contributed by atoms with Crippen LogP contribution in [0.25, 0.3) is 0 Å². The third-order valence-electron chi connectivity index (χ3n) is 9.26. The summed E-state index contributed by atoms with van der Waals surface area (Å²) >= 11 is 0. The van der Waals surface area contributed by atoms with Gasteiger partial charge in [-0.1, -0.05) is 145 Å². The van der Waals surface area contributed by atoms with Crippen LogP contribution in [-0.4, -0.2) is 8.07 Å². The van der Waals surface area contributed by atoms with Crippen molar-refractivity contribution in [2.45, 2.75) is 160 Å². The average molecular weight is 597 g/mol. The van der Waals surface area contributed by atoms with Crippen molar-refractivity contribution in [2.75, 3.05) is 0 Å². The highest BCUT2D eigenvalue weighted by Gasteiger charge is 2.64. The molecule has 0 radical (unpaired) electrons. The highest BCUT2D eigenvalue weighted by Crippen LogP contribution is 2.54. The fraction of sp³-hybridized carbons (Fsp3) is 0.619. The van der Waals surface area contributed by atoms with Gasteiger partial charge in [0.25, 0.3) is 0 Å². The second kappa shape index (κ2) is 12.4. The van der Waals surface area contributed by atoms with Crippen molar-refractivity contribution in [3.05, 3.63) is 68.0 Å². The lowest BCUT2D eigenvalue weighted by Crippen LogP contribution is -2.58. The van der Waals surface area contributed by atoms with Gasteiger partial charge in [0.15, 0.2) is 8.07 Å². The van der Waals surface area contributed by atoms with Crippen molar-refractivity contribution in [3.8, 4) is 11.8 Å². The zero-order valence-corrected chi connectivity index (χ0v) is 32.3. The lowest BCUT2D eigenvalue weighted by Gasteiger charge is -2.36. The minimum Gasteiger partial charge on any atom is -0.0927 e. The van der Waals surface area contributed by atoms with Crippen LogP contribution >= 0.6 is 0 Å². The molecule has 3 rings (SSSR count). The molecule has 0 unspecified atom stereocenters. The first-order valence-electron chi connectivity index (χ1n) is 17.2. The third-order valence-corrected chi connectivity index (χ3v) is 14.5. The van der Waals surface area contributed by atoms with Crippen LogP contribution in [0.5, 0.6) is 0 Å². The van der Waals surface area contributed by atoms with Crippen LogP contribution in [0.3, 0.4) is 0 Å². The van der Waals surface area contributed by atoms with Gasteiger partial charge in [0, 0.05) is 10.6 Å². The summed E-state index contributed by atoms with van der Waals surface area (Å²) in [5.74, 6) is 10.5. The molecule has 0 N–H and O–H groups in total. The van der Waals surface area contributed by atoms with E-state index < -0.39 is 8.07 Å². The number of allylic oxidation sites excluding steroid dienone is 2. The minimum absolute atomic E-state index is 0.0343. The molecule has 0 spiro atoms. The molecule has 1 heterocycles. The summed E-state index contributed by atoms with van der Waals surface area (Å²) in [5.41, 5.74) is 9.19. The van der Waals surface area contributed by atoms with E-state index in [1.807, 2.05) is 0 Å². The quantitative estimate of drug-likeness (QED) is 0.210. The number of rotatable bonds is 8. The van der Waals surface area contributed by atoms with Crippen molar-refractivity contribution >= 4 is 18.4 Å². The van der Waals surface area contributed by atoms with E-state index in [0.717, 1.165) is 0 Å². The lowest BCUT2D eigenvalue weighted by atomic mass is 9.89. The summed E-state index contributed by atoms with van der Waals surface area (Å²) in [6, 6.07) is 10.4. The molecule has 0 bridgehead atoms. The van der Waals surface area contributed by atoms with Crippen LogP contribution in [0.4, 0.5) is 0 Å². The van der Waals surface area contributed by atoms with Crippen LogP contribution < -0.4 is 10.4 Å². The zero-order valence-electron chi connectivity index (χ0n) is 31.3. The van der Waals surface area contributed by atoms with E-state index in [1.165, 1.54) is 16.3 Å². The highest BCUT2D eigenvalue weighted by atomic mass is 28.3. The fourth-order valence-electron chi connectivity index (χ4n) is 7.03. The molecule has 2 aromatic carbocycles. The van der Waals surface area contributed by atoms with Gasteiger partial charge in [0.05, 0.1) is 0 Å². The van der Waals surface area contributed by atoms with E-state index in [9.17, 15) is 0 Å². The molecule has 0 saturated carbocycles. The van der Waals surface area contributed by atoms with Gasteiger partial charge in [0.1, 0.15) is 0 Å². The maximum Gasteiger partial charge on any atom is 0.186 e. The Morgan fingerprint density at radius 2 is 0.791 bits per heavy atom. The fourth-order valence-corrected chi connectivity index (χ4v) is 14.2. The second-order valence-corrected chi connectivity index (χ2v) is 20.8. The topological polar surface area (TPSA) is 0 Å². The largest absolute Gasteiger partial charge is 0.186 e. The molecule has 0 fully saturated rings. The summed E-state index contributed by atoms with van der Waals surface area (Å²) in [4.78, 5) is 0. The Kier molecular flexibility index (Phi) is 10.2. The van der Waals surface area contributed by atoms with E-state index in [1.54, 1.807) is 37.8 Å². The van der Waals surface area contributed by atoms with Gasteiger partial charge in [-0.15, -0.1) is 0 Å². The lowest BCUT2D eigenvalue weighted by molar-refractivity contribution is 0.535. The molecular weight excluding hydrogens is 533 g/mol. The Balaban J connectivity index is 2.77. The second-order valence-electron chi connectivity index (χ2n) is 17.3. The molecule has 0 nitrogen and oxygen atoms in total. The maximum atomic E-state index is 3.97. The first-order chi connectivity index (χ1) is 19.6. The Morgan fingerprint density at radius 1 is 0.488 bits per heavy atom. The third kappa shape index (κ3) is 6.81. The van der Waals surface area contributed by atoms with Gasteiger partial charge in [-0.2, -0.15) is 0 Å². The van der Waals surface area contributed by atoms with E-state index in [2.05, 4.69) is 161 Å². The van der Waals surface area contributed by atoms with Gasteiger partial charge in [-0.3, -0.25) is 0 Å². The molecule has 0 amide bonds. The molecule has 0 aromatic heterocycles. The van der Waals surface area contributed by atoms with Crippen molar-refractivity contribution in [2.24, 2.45) is 10.8 Å². The molecule has 1 aliphatic rings. The van der Waals surface area contributed by atoms with E-state index in [4.69, 9.17) is 0 Å². The summed E-state index contributed by atoms with van der Waals surface area (Å²) < 4.78 is 0. The van der Waals surface area contributed by atoms with Gasteiger partial charge in [0.2, 0.25) is 0 Å². The van der Waals surface area contributed by atoms with Crippen molar-refractivity contribution in [3.63, 3.8) is 0 Å². The molecule has 2 aromatic rings. The smallest absolute Gasteiger partial charge is 0.0927 e. The predicted molar refractivity (Wildman–Crippen MR) is 196 cm³/mol. The molecular formula is C42H64Si.